The zero-order valence-electron chi connectivity index (χ0n) is 11.4. The highest BCUT2D eigenvalue weighted by Gasteiger charge is 2.66. The van der Waals surface area contributed by atoms with Crippen LogP contribution in [-0.4, -0.2) is 37.5 Å². The number of rotatable bonds is 4. The van der Waals surface area contributed by atoms with Gasteiger partial charge in [-0.15, -0.1) is 0 Å². The van der Waals surface area contributed by atoms with Gasteiger partial charge in [-0.05, 0) is 30.7 Å². The molecule has 0 aliphatic carbocycles. The molecule has 1 saturated heterocycles. The Morgan fingerprint density at radius 2 is 2.24 bits per heavy atom. The van der Waals surface area contributed by atoms with Gasteiger partial charge in [0.2, 0.25) is 0 Å². The summed E-state index contributed by atoms with van der Waals surface area (Å²) in [6, 6.07) is 6.66. The maximum Gasteiger partial charge on any atom is 0.406 e. The lowest BCUT2D eigenvalue weighted by Gasteiger charge is -2.32. The van der Waals surface area contributed by atoms with E-state index in [9.17, 15) is 18.0 Å². The molecule has 2 N–H and O–H groups in total. The topological polar surface area (TPSA) is 58.6 Å². The van der Waals surface area contributed by atoms with Gasteiger partial charge in [0.15, 0.2) is 5.41 Å². The van der Waals surface area contributed by atoms with Crippen LogP contribution in [0.2, 0.25) is 0 Å². The van der Waals surface area contributed by atoms with E-state index in [4.69, 9.17) is 9.84 Å². The lowest BCUT2D eigenvalue weighted by Crippen LogP contribution is -2.51. The van der Waals surface area contributed by atoms with Crippen LogP contribution in [0, 0.1) is 11.3 Å². The zero-order valence-corrected chi connectivity index (χ0v) is 11.4. The summed E-state index contributed by atoms with van der Waals surface area (Å²) >= 11 is 0. The minimum absolute atomic E-state index is 0.0169. The van der Waals surface area contributed by atoms with Crippen molar-refractivity contribution in [2.75, 3.05) is 20.2 Å². The van der Waals surface area contributed by atoms with Crippen molar-refractivity contribution in [2.24, 2.45) is 11.3 Å². The fourth-order valence-corrected chi connectivity index (χ4v) is 2.80. The molecule has 4 nitrogen and oxygen atoms in total. The fraction of sp³-hybridized carbons (Fsp3) is 0.500. The largest absolute Gasteiger partial charge is 0.497 e. The second kappa shape index (κ2) is 5.55. The van der Waals surface area contributed by atoms with Crippen molar-refractivity contribution in [1.82, 2.24) is 5.32 Å². The third-order valence-electron chi connectivity index (χ3n) is 4.00. The molecular formula is C14H16F3NO3. The fourth-order valence-electron chi connectivity index (χ4n) is 2.80. The predicted molar refractivity (Wildman–Crippen MR) is 69.2 cm³/mol. The van der Waals surface area contributed by atoms with E-state index in [2.05, 4.69) is 5.32 Å². The summed E-state index contributed by atoms with van der Waals surface area (Å²) in [5.41, 5.74) is -2.12. The van der Waals surface area contributed by atoms with Gasteiger partial charge < -0.3 is 15.2 Å². The molecule has 1 aromatic rings. The Labute approximate surface area is 119 Å². The van der Waals surface area contributed by atoms with Gasteiger partial charge in [-0.3, -0.25) is 4.79 Å². The Balaban J connectivity index is 2.31. The van der Waals surface area contributed by atoms with Crippen molar-refractivity contribution in [3.8, 4) is 5.75 Å². The van der Waals surface area contributed by atoms with E-state index in [-0.39, 0.29) is 13.0 Å². The number of nitrogens with one attached hydrogen (secondary N) is 1. The van der Waals surface area contributed by atoms with Gasteiger partial charge in [0, 0.05) is 12.5 Å². The number of alkyl halides is 3. The van der Waals surface area contributed by atoms with Crippen molar-refractivity contribution >= 4 is 5.97 Å². The molecule has 0 bridgehead atoms. The molecule has 0 aromatic heterocycles. The predicted octanol–water partition coefficient (Wildman–Crippen LogP) is 2.09. The lowest BCUT2D eigenvalue weighted by atomic mass is 9.74. The first-order valence-electron chi connectivity index (χ1n) is 6.45. The number of hydrogen-bond acceptors (Lipinski definition) is 3. The minimum atomic E-state index is -4.80. The number of benzene rings is 1. The van der Waals surface area contributed by atoms with Gasteiger partial charge in [-0.25, -0.2) is 0 Å². The normalized spacial score (nSPS) is 25.8. The Hall–Kier alpha value is -1.76. The zero-order chi connectivity index (χ0) is 15.7. The van der Waals surface area contributed by atoms with Gasteiger partial charge in [-0.2, -0.15) is 13.2 Å². The highest BCUT2D eigenvalue weighted by molar-refractivity contribution is 5.77. The molecule has 0 saturated carbocycles. The van der Waals surface area contributed by atoms with E-state index < -0.39 is 30.0 Å². The molecule has 2 atom stereocenters. The van der Waals surface area contributed by atoms with Crippen LogP contribution in [0.15, 0.2) is 24.3 Å². The SMILES string of the molecule is COc1cccc(C[C@H]2CNC[C@@]2(C(=O)O)C(F)(F)F)c1. The van der Waals surface area contributed by atoms with Crippen LogP contribution in [0.5, 0.6) is 5.75 Å². The molecule has 7 heteroatoms. The van der Waals surface area contributed by atoms with E-state index in [0.717, 1.165) is 0 Å². The van der Waals surface area contributed by atoms with Crippen LogP contribution < -0.4 is 10.1 Å². The number of carboxylic acid groups (broad SMARTS) is 1. The summed E-state index contributed by atoms with van der Waals surface area (Å²) in [6.45, 7) is -0.580. The third kappa shape index (κ3) is 2.70. The van der Waals surface area contributed by atoms with Crippen LogP contribution in [-0.2, 0) is 11.2 Å². The summed E-state index contributed by atoms with van der Waals surface area (Å²) in [5.74, 6) is -2.35. The first-order valence-corrected chi connectivity index (χ1v) is 6.45. The number of ether oxygens (including phenoxy) is 1. The Kier molecular flexibility index (Phi) is 4.13. The van der Waals surface area contributed by atoms with Crippen molar-refractivity contribution < 1.29 is 27.8 Å². The maximum atomic E-state index is 13.3. The van der Waals surface area contributed by atoms with Gasteiger partial charge in [0.1, 0.15) is 5.75 Å². The number of halogens is 3. The molecule has 2 rings (SSSR count). The van der Waals surface area contributed by atoms with Crippen LogP contribution >= 0.6 is 0 Å². The summed E-state index contributed by atoms with van der Waals surface area (Å²) in [4.78, 5) is 11.3. The van der Waals surface area contributed by atoms with Crippen molar-refractivity contribution in [3.63, 3.8) is 0 Å². The Morgan fingerprint density at radius 1 is 1.52 bits per heavy atom. The molecule has 0 spiro atoms. The molecule has 0 radical (unpaired) electrons. The van der Waals surface area contributed by atoms with E-state index in [0.29, 0.717) is 11.3 Å². The summed E-state index contributed by atoms with van der Waals surface area (Å²) in [5, 5.41) is 11.7. The van der Waals surface area contributed by atoms with E-state index in [1.54, 1.807) is 24.3 Å². The van der Waals surface area contributed by atoms with Crippen LogP contribution in [0.25, 0.3) is 0 Å². The molecule has 1 fully saturated rings. The standard InChI is InChI=1S/C14H16F3NO3/c1-21-11-4-2-3-9(6-11)5-10-7-18-8-13(10,12(19)20)14(15,16)17/h2-4,6,10,18H,5,7-8H2,1H3,(H,19,20)/t10-,13+/m0/s1. The molecule has 1 aliphatic rings. The molecule has 1 heterocycles. The molecule has 0 amide bonds. The second-order valence-electron chi connectivity index (χ2n) is 5.16. The van der Waals surface area contributed by atoms with Gasteiger partial charge in [0.25, 0.3) is 0 Å². The Morgan fingerprint density at radius 3 is 2.81 bits per heavy atom. The first-order chi connectivity index (χ1) is 9.81. The lowest BCUT2D eigenvalue weighted by molar-refractivity contribution is -0.236. The molecule has 1 aliphatic heterocycles. The number of carbonyl (C=O) groups is 1. The maximum absolute atomic E-state index is 13.3. The summed E-state index contributed by atoms with van der Waals surface area (Å²) in [6.07, 6.45) is -4.78. The third-order valence-corrected chi connectivity index (χ3v) is 4.00. The highest BCUT2D eigenvalue weighted by atomic mass is 19.4. The molecule has 21 heavy (non-hydrogen) atoms. The van der Waals surface area contributed by atoms with E-state index in [1.165, 1.54) is 7.11 Å². The van der Waals surface area contributed by atoms with Crippen molar-refractivity contribution in [3.05, 3.63) is 29.8 Å². The molecule has 1 aromatic carbocycles. The number of hydrogen-bond donors (Lipinski definition) is 2. The van der Waals surface area contributed by atoms with Crippen LogP contribution in [0.4, 0.5) is 13.2 Å². The van der Waals surface area contributed by atoms with Gasteiger partial charge in [0.05, 0.1) is 7.11 Å². The number of methoxy groups -OCH3 is 1. The Bertz CT molecular complexity index is 532. The van der Waals surface area contributed by atoms with Crippen LogP contribution in [0.3, 0.4) is 0 Å². The van der Waals surface area contributed by atoms with Gasteiger partial charge in [-0.1, -0.05) is 12.1 Å². The van der Waals surface area contributed by atoms with Gasteiger partial charge >= 0.3 is 12.1 Å². The monoisotopic (exact) mass is 303 g/mol. The number of carboxylic acids is 1. The smallest absolute Gasteiger partial charge is 0.406 e. The van der Waals surface area contributed by atoms with Crippen molar-refractivity contribution in [1.29, 1.82) is 0 Å². The molecule has 116 valence electrons. The summed E-state index contributed by atoms with van der Waals surface area (Å²) in [7, 11) is 1.47. The summed E-state index contributed by atoms with van der Waals surface area (Å²) < 4.78 is 45.0. The molecular weight excluding hydrogens is 287 g/mol. The second-order valence-corrected chi connectivity index (χ2v) is 5.16. The first kappa shape index (κ1) is 15.6. The highest BCUT2D eigenvalue weighted by Crippen LogP contribution is 2.47. The number of aliphatic carboxylic acids is 1. The van der Waals surface area contributed by atoms with E-state index in [1.807, 2.05) is 0 Å². The molecule has 0 unspecified atom stereocenters. The average Bonchev–Trinajstić information content (AvgIpc) is 2.83. The van der Waals surface area contributed by atoms with Crippen molar-refractivity contribution in [2.45, 2.75) is 12.6 Å². The quantitative estimate of drug-likeness (QED) is 0.894. The minimum Gasteiger partial charge on any atom is -0.497 e. The average molecular weight is 303 g/mol. The van der Waals surface area contributed by atoms with Crippen LogP contribution in [0.1, 0.15) is 5.56 Å². The van der Waals surface area contributed by atoms with E-state index >= 15 is 0 Å².